The molecule has 2 aromatic rings. The van der Waals surface area contributed by atoms with Crippen LogP contribution in [-0.4, -0.2) is 19.2 Å². The molecule has 0 N–H and O–H groups in total. The van der Waals surface area contributed by atoms with Crippen molar-refractivity contribution in [2.45, 2.75) is 26.2 Å². The Bertz CT molecular complexity index is 663. The molecular weight excluding hydrogens is 297 g/mol. The molecule has 0 saturated carbocycles. The Morgan fingerprint density at radius 3 is 2.10 bits per heavy atom. The molecule has 0 aliphatic carbocycles. The molecule has 0 amide bonds. The minimum atomic E-state index is -0.127. The normalized spacial score (nSPS) is 11.8. The standard InChI is InChI=1S/C15H17Cl2NO2/c1-15(2,3)9-6-8-12(16)10(19-4)7-11(20-5)13(8)18-14(9)17/h6-7H,1-5H3. The highest BCUT2D eigenvalue weighted by atomic mass is 35.5. The molecule has 0 fully saturated rings. The smallest absolute Gasteiger partial charge is 0.148 e. The number of pyridine rings is 1. The van der Waals surface area contributed by atoms with Gasteiger partial charge in [-0.25, -0.2) is 4.98 Å². The molecule has 2 rings (SSSR count). The second kappa shape index (κ2) is 5.30. The van der Waals surface area contributed by atoms with Crippen LogP contribution >= 0.6 is 23.2 Å². The Kier molecular flexibility index (Phi) is 4.03. The molecular formula is C15H17Cl2NO2. The lowest BCUT2D eigenvalue weighted by Crippen LogP contribution is -2.12. The van der Waals surface area contributed by atoms with Gasteiger partial charge in [0.2, 0.25) is 0 Å². The van der Waals surface area contributed by atoms with Crippen LogP contribution in [0.2, 0.25) is 10.2 Å². The first-order chi connectivity index (χ1) is 9.29. The first-order valence-electron chi connectivity index (χ1n) is 6.20. The summed E-state index contributed by atoms with van der Waals surface area (Å²) in [6.07, 6.45) is 0. The molecule has 0 bridgehead atoms. The van der Waals surface area contributed by atoms with E-state index in [4.69, 9.17) is 32.7 Å². The van der Waals surface area contributed by atoms with Crippen LogP contribution < -0.4 is 9.47 Å². The minimum absolute atomic E-state index is 0.127. The van der Waals surface area contributed by atoms with Crippen molar-refractivity contribution >= 4 is 34.1 Å². The number of nitrogens with zero attached hydrogens (tertiary/aromatic N) is 1. The van der Waals surface area contributed by atoms with Gasteiger partial charge in [0.25, 0.3) is 0 Å². The Morgan fingerprint density at radius 2 is 1.60 bits per heavy atom. The molecule has 108 valence electrons. The summed E-state index contributed by atoms with van der Waals surface area (Å²) in [6.45, 7) is 6.23. The molecule has 1 aromatic heterocycles. The summed E-state index contributed by atoms with van der Waals surface area (Å²) in [5, 5.41) is 1.75. The molecule has 1 aromatic carbocycles. The lowest BCUT2D eigenvalue weighted by molar-refractivity contribution is 0.397. The largest absolute Gasteiger partial charge is 0.495 e. The number of rotatable bonds is 2. The predicted octanol–water partition coefficient (Wildman–Crippen LogP) is 4.86. The van der Waals surface area contributed by atoms with Crippen LogP contribution in [0.25, 0.3) is 10.9 Å². The average Bonchev–Trinajstić information content (AvgIpc) is 2.37. The van der Waals surface area contributed by atoms with E-state index in [0.29, 0.717) is 27.2 Å². The number of aromatic nitrogens is 1. The molecule has 0 unspecified atom stereocenters. The van der Waals surface area contributed by atoms with Gasteiger partial charge in [-0.2, -0.15) is 0 Å². The Balaban J connectivity index is 2.88. The SMILES string of the molecule is COc1cc(OC)c2nc(Cl)c(C(C)(C)C)cc2c1Cl. The lowest BCUT2D eigenvalue weighted by atomic mass is 9.87. The number of hydrogen-bond donors (Lipinski definition) is 0. The van der Waals surface area contributed by atoms with Crippen LogP contribution in [0.3, 0.4) is 0 Å². The van der Waals surface area contributed by atoms with Crippen LogP contribution in [0.4, 0.5) is 0 Å². The molecule has 5 heteroatoms. The van der Waals surface area contributed by atoms with Crippen molar-refractivity contribution in [2.75, 3.05) is 14.2 Å². The van der Waals surface area contributed by atoms with Gasteiger partial charge in [-0.15, -0.1) is 0 Å². The van der Waals surface area contributed by atoms with Crippen LogP contribution in [0.5, 0.6) is 11.5 Å². The summed E-state index contributed by atoms with van der Waals surface area (Å²) < 4.78 is 10.6. The van der Waals surface area contributed by atoms with Crippen molar-refractivity contribution in [1.82, 2.24) is 4.98 Å². The fourth-order valence-corrected chi connectivity index (χ4v) is 2.76. The van der Waals surface area contributed by atoms with Gasteiger partial charge in [-0.3, -0.25) is 0 Å². The van der Waals surface area contributed by atoms with E-state index >= 15 is 0 Å². The zero-order chi connectivity index (χ0) is 15.1. The van der Waals surface area contributed by atoms with E-state index in [2.05, 4.69) is 25.8 Å². The van der Waals surface area contributed by atoms with Gasteiger partial charge in [-0.1, -0.05) is 44.0 Å². The molecule has 0 spiro atoms. The third kappa shape index (κ3) is 2.52. The minimum Gasteiger partial charge on any atom is -0.495 e. The van der Waals surface area contributed by atoms with E-state index in [0.717, 1.165) is 10.9 Å². The summed E-state index contributed by atoms with van der Waals surface area (Å²) in [4.78, 5) is 4.45. The number of methoxy groups -OCH3 is 2. The van der Waals surface area contributed by atoms with E-state index < -0.39 is 0 Å². The number of halogens is 2. The van der Waals surface area contributed by atoms with Crippen molar-refractivity contribution in [3.8, 4) is 11.5 Å². The molecule has 20 heavy (non-hydrogen) atoms. The Morgan fingerprint density at radius 1 is 1.00 bits per heavy atom. The monoisotopic (exact) mass is 313 g/mol. The summed E-state index contributed by atoms with van der Waals surface area (Å²) >= 11 is 12.7. The lowest BCUT2D eigenvalue weighted by Gasteiger charge is -2.21. The molecule has 3 nitrogen and oxygen atoms in total. The van der Waals surface area contributed by atoms with E-state index in [1.807, 2.05) is 6.07 Å². The van der Waals surface area contributed by atoms with Crippen LogP contribution in [-0.2, 0) is 5.41 Å². The van der Waals surface area contributed by atoms with Crippen molar-refractivity contribution in [3.63, 3.8) is 0 Å². The maximum absolute atomic E-state index is 6.38. The van der Waals surface area contributed by atoms with E-state index in [1.165, 1.54) is 0 Å². The van der Waals surface area contributed by atoms with Gasteiger partial charge in [0, 0.05) is 11.5 Å². The fraction of sp³-hybridized carbons (Fsp3) is 0.400. The van der Waals surface area contributed by atoms with Crippen molar-refractivity contribution in [2.24, 2.45) is 0 Å². The van der Waals surface area contributed by atoms with E-state index in [1.54, 1.807) is 20.3 Å². The third-order valence-corrected chi connectivity index (χ3v) is 3.85. The topological polar surface area (TPSA) is 31.4 Å². The fourth-order valence-electron chi connectivity index (χ4n) is 2.06. The molecule has 0 atom stereocenters. The Labute approximate surface area is 128 Å². The number of fused-ring (bicyclic) bond motifs is 1. The van der Waals surface area contributed by atoms with Crippen LogP contribution in [0.15, 0.2) is 12.1 Å². The van der Waals surface area contributed by atoms with Gasteiger partial charge < -0.3 is 9.47 Å². The predicted molar refractivity (Wildman–Crippen MR) is 83.6 cm³/mol. The van der Waals surface area contributed by atoms with Gasteiger partial charge >= 0.3 is 0 Å². The number of ether oxygens (including phenoxy) is 2. The molecule has 1 heterocycles. The highest BCUT2D eigenvalue weighted by molar-refractivity contribution is 6.37. The number of hydrogen-bond acceptors (Lipinski definition) is 3. The second-order valence-corrected chi connectivity index (χ2v) is 6.30. The molecule has 0 aliphatic heterocycles. The zero-order valence-electron chi connectivity index (χ0n) is 12.2. The van der Waals surface area contributed by atoms with Gasteiger partial charge in [0.15, 0.2) is 0 Å². The quantitative estimate of drug-likeness (QED) is 0.742. The van der Waals surface area contributed by atoms with Crippen molar-refractivity contribution in [3.05, 3.63) is 27.9 Å². The average molecular weight is 314 g/mol. The highest BCUT2D eigenvalue weighted by Gasteiger charge is 2.22. The molecule has 0 saturated heterocycles. The maximum Gasteiger partial charge on any atom is 0.148 e. The summed E-state index contributed by atoms with van der Waals surface area (Å²) in [5.41, 5.74) is 1.44. The third-order valence-electron chi connectivity index (χ3n) is 3.17. The van der Waals surface area contributed by atoms with Crippen LogP contribution in [0.1, 0.15) is 26.3 Å². The van der Waals surface area contributed by atoms with Crippen LogP contribution in [0, 0.1) is 0 Å². The van der Waals surface area contributed by atoms with Gasteiger partial charge in [0.05, 0.1) is 19.2 Å². The molecule has 0 aliphatic rings. The number of benzene rings is 1. The highest BCUT2D eigenvalue weighted by Crippen LogP contribution is 2.41. The summed E-state index contributed by atoms with van der Waals surface area (Å²) in [7, 11) is 3.15. The second-order valence-electron chi connectivity index (χ2n) is 5.57. The first-order valence-corrected chi connectivity index (χ1v) is 6.96. The van der Waals surface area contributed by atoms with Gasteiger partial charge in [0.1, 0.15) is 22.2 Å². The van der Waals surface area contributed by atoms with Gasteiger partial charge in [-0.05, 0) is 17.0 Å². The first kappa shape index (κ1) is 15.2. The summed E-state index contributed by atoms with van der Waals surface area (Å²) in [5.74, 6) is 1.14. The maximum atomic E-state index is 6.38. The van der Waals surface area contributed by atoms with E-state index in [9.17, 15) is 0 Å². The zero-order valence-corrected chi connectivity index (χ0v) is 13.7. The summed E-state index contributed by atoms with van der Waals surface area (Å²) in [6, 6.07) is 3.67. The van der Waals surface area contributed by atoms with Crippen molar-refractivity contribution in [1.29, 1.82) is 0 Å². The molecule has 0 radical (unpaired) electrons. The van der Waals surface area contributed by atoms with Crippen molar-refractivity contribution < 1.29 is 9.47 Å². The van der Waals surface area contributed by atoms with E-state index in [-0.39, 0.29) is 5.41 Å². The Hall–Kier alpha value is -1.19.